The van der Waals surface area contributed by atoms with Crippen LogP contribution in [0.4, 0.5) is 4.39 Å². The Labute approximate surface area is 114 Å². The molecule has 92 valence electrons. The van der Waals surface area contributed by atoms with Crippen LogP contribution < -0.4 is 0 Å². The molecule has 0 aromatic heterocycles. The fourth-order valence-corrected chi connectivity index (χ4v) is 2.17. The van der Waals surface area contributed by atoms with Crippen LogP contribution in [0.25, 0.3) is 0 Å². The summed E-state index contributed by atoms with van der Waals surface area (Å²) in [6.45, 7) is 1.88. The van der Waals surface area contributed by atoms with Crippen molar-refractivity contribution in [1.29, 1.82) is 0 Å². The monoisotopic (exact) mass is 306 g/mol. The zero-order chi connectivity index (χ0) is 13.1. The number of aryl methyl sites for hydroxylation is 1. The Morgan fingerprint density at radius 2 is 1.94 bits per heavy atom. The molecule has 2 aromatic carbocycles. The summed E-state index contributed by atoms with van der Waals surface area (Å²) in [5, 5.41) is 0. The van der Waals surface area contributed by atoms with E-state index in [0.29, 0.717) is 11.1 Å². The lowest BCUT2D eigenvalue weighted by molar-refractivity contribution is 0.0991. The molecular weight excluding hydrogens is 295 g/mol. The maximum atomic E-state index is 13.5. The van der Waals surface area contributed by atoms with Crippen molar-refractivity contribution < 1.29 is 9.18 Å². The number of halogens is 2. The third kappa shape index (κ3) is 2.85. The topological polar surface area (TPSA) is 17.1 Å². The Kier molecular flexibility index (Phi) is 3.92. The average molecular weight is 307 g/mol. The molecule has 2 aromatic rings. The van der Waals surface area contributed by atoms with Gasteiger partial charge in [0.05, 0.1) is 0 Å². The largest absolute Gasteiger partial charge is 0.294 e. The molecule has 0 spiro atoms. The van der Waals surface area contributed by atoms with E-state index in [1.165, 1.54) is 6.07 Å². The Morgan fingerprint density at radius 1 is 1.22 bits per heavy atom. The zero-order valence-corrected chi connectivity index (χ0v) is 11.5. The third-order valence-electron chi connectivity index (χ3n) is 2.81. The van der Waals surface area contributed by atoms with E-state index >= 15 is 0 Å². The molecule has 0 amide bonds. The van der Waals surface area contributed by atoms with Crippen LogP contribution in [0.2, 0.25) is 0 Å². The second kappa shape index (κ2) is 5.44. The summed E-state index contributed by atoms with van der Waals surface area (Å²) >= 11 is 3.34. The molecule has 0 radical (unpaired) electrons. The number of hydrogen-bond donors (Lipinski definition) is 0. The van der Waals surface area contributed by atoms with Crippen molar-refractivity contribution in [2.24, 2.45) is 0 Å². The first-order chi connectivity index (χ1) is 8.58. The number of carbonyl (C=O) groups is 1. The minimum Gasteiger partial charge on any atom is -0.294 e. The molecule has 0 aliphatic heterocycles. The van der Waals surface area contributed by atoms with Crippen LogP contribution in [0, 0.1) is 12.7 Å². The molecule has 0 fully saturated rings. The Hall–Kier alpha value is -1.48. The van der Waals surface area contributed by atoms with Crippen molar-refractivity contribution in [1.82, 2.24) is 0 Å². The van der Waals surface area contributed by atoms with Gasteiger partial charge < -0.3 is 0 Å². The third-order valence-corrected chi connectivity index (χ3v) is 3.30. The van der Waals surface area contributed by atoms with E-state index < -0.39 is 0 Å². The quantitative estimate of drug-likeness (QED) is 0.772. The van der Waals surface area contributed by atoms with Crippen molar-refractivity contribution in [2.75, 3.05) is 0 Å². The van der Waals surface area contributed by atoms with Crippen molar-refractivity contribution in [3.8, 4) is 0 Å². The minimum atomic E-state index is -0.335. The fraction of sp³-hybridized carbons (Fsp3) is 0.133. The van der Waals surface area contributed by atoms with Gasteiger partial charge in [-0.05, 0) is 36.2 Å². The number of benzene rings is 2. The van der Waals surface area contributed by atoms with Crippen molar-refractivity contribution >= 4 is 21.7 Å². The van der Waals surface area contributed by atoms with Crippen LogP contribution in [0.3, 0.4) is 0 Å². The Balaban J connectivity index is 2.28. The first-order valence-electron chi connectivity index (χ1n) is 5.60. The van der Waals surface area contributed by atoms with Crippen molar-refractivity contribution in [3.63, 3.8) is 0 Å². The van der Waals surface area contributed by atoms with Gasteiger partial charge in [-0.3, -0.25) is 4.79 Å². The first kappa shape index (κ1) is 13.0. The second-order valence-corrected chi connectivity index (χ2v) is 5.07. The maximum absolute atomic E-state index is 13.5. The minimum absolute atomic E-state index is 0.0705. The lowest BCUT2D eigenvalue weighted by Gasteiger charge is -2.06. The first-order valence-corrected chi connectivity index (χ1v) is 6.40. The number of hydrogen-bond acceptors (Lipinski definition) is 1. The van der Waals surface area contributed by atoms with Crippen LogP contribution in [0.5, 0.6) is 0 Å². The predicted octanol–water partition coefficient (Wildman–Crippen LogP) is 4.32. The van der Waals surface area contributed by atoms with Crippen LogP contribution in [0.1, 0.15) is 21.5 Å². The van der Waals surface area contributed by atoms with Gasteiger partial charge in [0.2, 0.25) is 0 Å². The smallest absolute Gasteiger partial charge is 0.167 e. The van der Waals surface area contributed by atoms with Crippen molar-refractivity contribution in [3.05, 3.63) is 69.4 Å². The highest BCUT2D eigenvalue weighted by atomic mass is 79.9. The fourth-order valence-electron chi connectivity index (χ4n) is 1.80. The molecule has 0 aliphatic rings. The van der Waals surface area contributed by atoms with E-state index in [2.05, 4.69) is 15.9 Å². The normalized spacial score (nSPS) is 10.4. The summed E-state index contributed by atoms with van der Waals surface area (Å²) in [7, 11) is 0. The van der Waals surface area contributed by atoms with Crippen LogP contribution in [-0.2, 0) is 6.42 Å². The second-order valence-electron chi connectivity index (χ2n) is 4.15. The molecule has 0 heterocycles. The van der Waals surface area contributed by atoms with E-state index in [1.807, 2.05) is 19.1 Å². The summed E-state index contributed by atoms with van der Waals surface area (Å²) in [6.07, 6.45) is 0.0873. The van der Waals surface area contributed by atoms with Gasteiger partial charge in [-0.15, -0.1) is 0 Å². The number of ketones is 1. The standard InChI is InChI=1S/C15H12BrFO/c1-10-6-7-12(16)9-13(10)15(18)8-11-4-2-3-5-14(11)17/h2-7,9H,8H2,1H3. The molecular formula is C15H12BrFO. The summed E-state index contributed by atoms with van der Waals surface area (Å²) < 4.78 is 14.3. The number of Topliss-reactive ketones (excluding diaryl/α,β-unsaturated/α-hetero) is 1. The van der Waals surface area contributed by atoms with Gasteiger partial charge in [0.1, 0.15) is 5.82 Å². The van der Waals surface area contributed by atoms with E-state index in [0.717, 1.165) is 10.0 Å². The average Bonchev–Trinajstić information content (AvgIpc) is 2.35. The molecule has 0 unspecified atom stereocenters. The number of rotatable bonds is 3. The molecule has 1 nitrogen and oxygen atoms in total. The number of carbonyl (C=O) groups excluding carboxylic acids is 1. The molecule has 0 aliphatic carbocycles. The molecule has 0 atom stereocenters. The highest BCUT2D eigenvalue weighted by Gasteiger charge is 2.12. The lowest BCUT2D eigenvalue weighted by Crippen LogP contribution is -2.07. The van der Waals surface area contributed by atoms with Gasteiger partial charge in [-0.2, -0.15) is 0 Å². The highest BCUT2D eigenvalue weighted by Crippen LogP contribution is 2.18. The van der Waals surface area contributed by atoms with Crippen LogP contribution in [-0.4, -0.2) is 5.78 Å². The molecule has 0 saturated heterocycles. The summed E-state index contributed by atoms with van der Waals surface area (Å²) in [6, 6.07) is 11.9. The zero-order valence-electron chi connectivity index (χ0n) is 9.91. The van der Waals surface area contributed by atoms with Gasteiger partial charge >= 0.3 is 0 Å². The summed E-state index contributed by atoms with van der Waals surface area (Å²) in [4.78, 5) is 12.2. The lowest BCUT2D eigenvalue weighted by atomic mass is 9.99. The van der Waals surface area contributed by atoms with Crippen LogP contribution in [0.15, 0.2) is 46.9 Å². The van der Waals surface area contributed by atoms with Crippen molar-refractivity contribution in [2.45, 2.75) is 13.3 Å². The maximum Gasteiger partial charge on any atom is 0.167 e. The van der Waals surface area contributed by atoms with E-state index in [4.69, 9.17) is 0 Å². The Bertz CT molecular complexity index is 593. The summed E-state index contributed by atoms with van der Waals surface area (Å²) in [5.41, 5.74) is 1.97. The van der Waals surface area contributed by atoms with Gasteiger partial charge in [0.15, 0.2) is 5.78 Å². The van der Waals surface area contributed by atoms with Gasteiger partial charge in [0.25, 0.3) is 0 Å². The molecule has 18 heavy (non-hydrogen) atoms. The Morgan fingerprint density at radius 3 is 2.67 bits per heavy atom. The van der Waals surface area contributed by atoms with Gasteiger partial charge in [-0.1, -0.05) is 40.2 Å². The molecule has 0 bridgehead atoms. The van der Waals surface area contributed by atoms with E-state index in [1.54, 1.807) is 24.3 Å². The van der Waals surface area contributed by atoms with Gasteiger partial charge in [-0.25, -0.2) is 4.39 Å². The van der Waals surface area contributed by atoms with Gasteiger partial charge in [0, 0.05) is 16.5 Å². The molecule has 3 heteroatoms. The molecule has 0 N–H and O–H groups in total. The van der Waals surface area contributed by atoms with E-state index in [-0.39, 0.29) is 18.0 Å². The SMILES string of the molecule is Cc1ccc(Br)cc1C(=O)Cc1ccccc1F. The molecule has 0 saturated carbocycles. The predicted molar refractivity (Wildman–Crippen MR) is 73.3 cm³/mol. The van der Waals surface area contributed by atoms with Crippen LogP contribution >= 0.6 is 15.9 Å². The summed E-state index contributed by atoms with van der Waals surface area (Å²) in [5.74, 6) is -0.405. The van der Waals surface area contributed by atoms with E-state index in [9.17, 15) is 9.18 Å². The highest BCUT2D eigenvalue weighted by molar-refractivity contribution is 9.10. The molecule has 2 rings (SSSR count).